The molecule has 1 aliphatic carbocycles. The van der Waals surface area contributed by atoms with E-state index in [1.807, 2.05) is 23.1 Å². The predicted molar refractivity (Wildman–Crippen MR) is 108 cm³/mol. The number of pyridine rings is 1. The van der Waals surface area contributed by atoms with Crippen molar-refractivity contribution in [3.8, 4) is 0 Å². The molecule has 0 radical (unpaired) electrons. The summed E-state index contributed by atoms with van der Waals surface area (Å²) in [6.07, 6.45) is 4.18. The number of carbonyl (C=O) groups is 2. The van der Waals surface area contributed by atoms with Gasteiger partial charge in [0.25, 0.3) is 0 Å². The maximum atomic E-state index is 12.6. The Kier molecular flexibility index (Phi) is 5.57. The number of fused-ring (bicyclic) bond motifs is 1. The second kappa shape index (κ2) is 8.26. The fourth-order valence-corrected chi connectivity index (χ4v) is 5.00. The highest BCUT2D eigenvalue weighted by atomic mass is 32.1. The molecular weight excluding hydrogens is 374 g/mol. The van der Waals surface area contributed by atoms with Gasteiger partial charge < -0.3 is 15.1 Å². The normalized spacial score (nSPS) is 19.2. The van der Waals surface area contributed by atoms with Crippen LogP contribution in [0.15, 0.2) is 24.4 Å². The molecule has 2 aliphatic rings. The van der Waals surface area contributed by atoms with Gasteiger partial charge in [-0.1, -0.05) is 6.07 Å². The maximum absolute atomic E-state index is 12.6. The van der Waals surface area contributed by atoms with Crippen LogP contribution in [0.4, 0.5) is 5.13 Å². The molecule has 2 aromatic heterocycles. The number of carbonyl (C=O) groups excluding carboxylic acids is 2. The van der Waals surface area contributed by atoms with E-state index < -0.39 is 0 Å². The average molecular weight is 400 g/mol. The molecule has 3 heterocycles. The monoisotopic (exact) mass is 399 g/mol. The van der Waals surface area contributed by atoms with Crippen molar-refractivity contribution in [2.75, 3.05) is 31.1 Å². The molecule has 28 heavy (non-hydrogen) atoms. The zero-order valence-corrected chi connectivity index (χ0v) is 16.9. The van der Waals surface area contributed by atoms with E-state index >= 15 is 0 Å². The number of rotatable bonds is 4. The van der Waals surface area contributed by atoms with Crippen LogP contribution in [-0.2, 0) is 29.0 Å². The first-order valence-corrected chi connectivity index (χ1v) is 10.6. The second-order valence-electron chi connectivity index (χ2n) is 7.34. The number of thiazole rings is 1. The molecule has 0 unspecified atom stereocenters. The van der Waals surface area contributed by atoms with Crippen molar-refractivity contribution in [1.29, 1.82) is 0 Å². The zero-order chi connectivity index (χ0) is 19.5. The summed E-state index contributed by atoms with van der Waals surface area (Å²) < 4.78 is 0. The smallest absolute Gasteiger partial charge is 0.223 e. The van der Waals surface area contributed by atoms with Crippen LogP contribution in [0, 0.1) is 5.92 Å². The molecular formula is C20H25N5O2S. The Morgan fingerprint density at radius 2 is 2.07 bits per heavy atom. The van der Waals surface area contributed by atoms with Crippen molar-refractivity contribution in [2.45, 2.75) is 32.7 Å². The van der Waals surface area contributed by atoms with Crippen LogP contribution < -0.4 is 10.2 Å². The Labute approximate surface area is 168 Å². The summed E-state index contributed by atoms with van der Waals surface area (Å²) in [7, 11) is 0. The van der Waals surface area contributed by atoms with Crippen molar-refractivity contribution >= 4 is 28.3 Å². The first-order chi connectivity index (χ1) is 13.6. The van der Waals surface area contributed by atoms with Gasteiger partial charge in [-0.15, -0.1) is 11.3 Å². The summed E-state index contributed by atoms with van der Waals surface area (Å²) in [4.78, 5) is 38.5. The Morgan fingerprint density at radius 3 is 2.79 bits per heavy atom. The van der Waals surface area contributed by atoms with Gasteiger partial charge in [0.05, 0.1) is 17.9 Å². The number of nitrogens with one attached hydrogen (secondary N) is 1. The fraction of sp³-hybridized carbons (Fsp3) is 0.500. The molecule has 0 bridgehead atoms. The average Bonchev–Trinajstić information content (AvgIpc) is 3.16. The molecule has 148 valence electrons. The lowest BCUT2D eigenvalue weighted by Crippen LogP contribution is -2.48. The molecule has 1 saturated heterocycles. The molecule has 1 N–H and O–H groups in total. The van der Waals surface area contributed by atoms with Gasteiger partial charge in [-0.25, -0.2) is 4.98 Å². The molecule has 1 aliphatic heterocycles. The minimum atomic E-state index is -0.000859. The SMILES string of the molecule is CC(=O)N1CCN(c2nc3c(s2)C[C@H](C(=O)NCc2ccccn2)CC3)CC1. The lowest BCUT2D eigenvalue weighted by molar-refractivity contribution is -0.129. The lowest BCUT2D eigenvalue weighted by Gasteiger charge is -2.33. The van der Waals surface area contributed by atoms with Crippen LogP contribution in [0.2, 0.25) is 0 Å². The molecule has 1 fully saturated rings. The van der Waals surface area contributed by atoms with E-state index in [0.717, 1.165) is 62.0 Å². The van der Waals surface area contributed by atoms with E-state index in [1.54, 1.807) is 24.5 Å². The molecule has 1 atom stereocenters. The third kappa shape index (κ3) is 4.16. The number of amides is 2. The largest absolute Gasteiger partial charge is 0.350 e. The van der Waals surface area contributed by atoms with Crippen LogP contribution in [-0.4, -0.2) is 52.9 Å². The van der Waals surface area contributed by atoms with Crippen LogP contribution in [0.5, 0.6) is 0 Å². The Hall–Kier alpha value is -2.48. The number of aryl methyl sites for hydroxylation is 1. The summed E-state index contributed by atoms with van der Waals surface area (Å²) in [5.41, 5.74) is 2.01. The topological polar surface area (TPSA) is 78.4 Å². The standard InChI is InChI=1S/C20H25N5O2S/c1-14(26)24-8-10-25(11-9-24)20-23-17-6-5-15(12-18(17)28-20)19(27)22-13-16-4-2-3-7-21-16/h2-4,7,15H,5-6,8-13H2,1H3,(H,22,27)/t15-/m1/s1. The number of aromatic nitrogens is 2. The van der Waals surface area contributed by atoms with Crippen molar-refractivity contribution in [3.63, 3.8) is 0 Å². The van der Waals surface area contributed by atoms with E-state index in [-0.39, 0.29) is 17.7 Å². The summed E-state index contributed by atoms with van der Waals surface area (Å²) in [6.45, 7) is 5.23. The molecule has 7 nitrogen and oxygen atoms in total. The maximum Gasteiger partial charge on any atom is 0.223 e. The summed E-state index contributed by atoms with van der Waals surface area (Å²) in [5, 5.41) is 4.05. The number of anilines is 1. The van der Waals surface area contributed by atoms with Crippen molar-refractivity contribution < 1.29 is 9.59 Å². The molecule has 2 aromatic rings. The Bertz CT molecular complexity index is 846. The minimum Gasteiger partial charge on any atom is -0.350 e. The third-order valence-corrected chi connectivity index (χ3v) is 6.65. The van der Waals surface area contributed by atoms with Gasteiger partial charge in [-0.2, -0.15) is 0 Å². The molecule has 8 heteroatoms. The Morgan fingerprint density at radius 1 is 1.25 bits per heavy atom. The molecule has 0 spiro atoms. The van der Waals surface area contributed by atoms with Gasteiger partial charge in [0.15, 0.2) is 5.13 Å². The third-order valence-electron chi connectivity index (χ3n) is 5.46. The zero-order valence-electron chi connectivity index (χ0n) is 16.1. The number of hydrogen-bond acceptors (Lipinski definition) is 6. The van der Waals surface area contributed by atoms with Gasteiger partial charge in [0, 0.05) is 50.1 Å². The highest BCUT2D eigenvalue weighted by molar-refractivity contribution is 7.15. The molecule has 0 saturated carbocycles. The molecule has 0 aromatic carbocycles. The predicted octanol–water partition coefficient (Wildman–Crippen LogP) is 1.63. The highest BCUT2D eigenvalue weighted by Gasteiger charge is 2.29. The first-order valence-electron chi connectivity index (χ1n) is 9.77. The van der Waals surface area contributed by atoms with Crippen LogP contribution in [0.3, 0.4) is 0 Å². The quantitative estimate of drug-likeness (QED) is 0.845. The summed E-state index contributed by atoms with van der Waals surface area (Å²) >= 11 is 1.71. The van der Waals surface area contributed by atoms with Crippen molar-refractivity contribution in [2.24, 2.45) is 5.92 Å². The van der Waals surface area contributed by atoms with E-state index in [9.17, 15) is 9.59 Å². The minimum absolute atomic E-state index is 0.000859. The summed E-state index contributed by atoms with van der Waals surface area (Å²) in [5.74, 6) is 0.234. The van der Waals surface area contributed by atoms with Gasteiger partial charge in [-0.05, 0) is 31.4 Å². The fourth-order valence-electron chi connectivity index (χ4n) is 3.76. The van der Waals surface area contributed by atoms with Crippen LogP contribution in [0.25, 0.3) is 0 Å². The summed E-state index contributed by atoms with van der Waals surface area (Å²) in [6, 6.07) is 5.71. The van der Waals surface area contributed by atoms with E-state index in [4.69, 9.17) is 4.98 Å². The molecule has 4 rings (SSSR count). The van der Waals surface area contributed by atoms with E-state index in [1.165, 1.54) is 4.88 Å². The van der Waals surface area contributed by atoms with Gasteiger partial charge in [-0.3, -0.25) is 14.6 Å². The first kappa shape index (κ1) is 18.9. The number of nitrogens with zero attached hydrogens (tertiary/aromatic N) is 4. The Balaban J connectivity index is 1.34. The van der Waals surface area contributed by atoms with Gasteiger partial charge in [0.1, 0.15) is 0 Å². The number of piperazine rings is 1. The molecule has 2 amide bonds. The van der Waals surface area contributed by atoms with Crippen LogP contribution >= 0.6 is 11.3 Å². The van der Waals surface area contributed by atoms with E-state index in [2.05, 4.69) is 15.2 Å². The lowest BCUT2D eigenvalue weighted by atomic mass is 9.90. The number of hydrogen-bond donors (Lipinski definition) is 1. The van der Waals surface area contributed by atoms with Crippen molar-refractivity contribution in [3.05, 3.63) is 40.7 Å². The van der Waals surface area contributed by atoms with Crippen LogP contribution in [0.1, 0.15) is 29.6 Å². The van der Waals surface area contributed by atoms with Gasteiger partial charge >= 0.3 is 0 Å². The van der Waals surface area contributed by atoms with Crippen molar-refractivity contribution in [1.82, 2.24) is 20.2 Å². The van der Waals surface area contributed by atoms with Gasteiger partial charge in [0.2, 0.25) is 11.8 Å². The highest BCUT2D eigenvalue weighted by Crippen LogP contribution is 2.34. The second-order valence-corrected chi connectivity index (χ2v) is 8.40. The van der Waals surface area contributed by atoms with E-state index in [0.29, 0.717) is 6.54 Å².